The molecule has 0 fully saturated rings. The fraction of sp³-hybridized carbons (Fsp3) is 0.0769. The second-order valence-corrected chi connectivity index (χ2v) is 4.58. The van der Waals surface area contributed by atoms with E-state index in [0.717, 1.165) is 11.8 Å². The third kappa shape index (κ3) is 3.21. The molecule has 0 aliphatic heterocycles. The zero-order valence-electron chi connectivity index (χ0n) is 9.45. The zero-order chi connectivity index (χ0) is 13.0. The highest BCUT2D eigenvalue weighted by Crippen LogP contribution is 2.27. The number of benzene rings is 2. The maximum atomic E-state index is 13.0. The summed E-state index contributed by atoms with van der Waals surface area (Å²) in [6.07, 6.45) is 0. The molecule has 2 aromatic carbocycles. The Balaban J connectivity index is 1.99. The van der Waals surface area contributed by atoms with Gasteiger partial charge in [0.25, 0.3) is 0 Å². The first kappa shape index (κ1) is 12.9. The summed E-state index contributed by atoms with van der Waals surface area (Å²) < 4.78 is 13.5. The predicted octanol–water partition coefficient (Wildman–Crippen LogP) is 3.41. The highest BCUT2D eigenvalue weighted by Gasteiger charge is 2.08. The fourth-order valence-electron chi connectivity index (χ4n) is 1.52. The summed E-state index contributed by atoms with van der Waals surface area (Å²) >= 11 is 3.22. The molecule has 2 aromatic rings. The Morgan fingerprint density at radius 2 is 1.89 bits per heavy atom. The Labute approximate surface area is 113 Å². The number of phenols is 1. The number of halogens is 2. The van der Waals surface area contributed by atoms with Crippen LogP contribution in [0.5, 0.6) is 5.75 Å². The van der Waals surface area contributed by atoms with Crippen LogP contribution in [0.1, 0.15) is 5.56 Å². The summed E-state index contributed by atoms with van der Waals surface area (Å²) in [5.74, 6) is -0.552. The number of hydrogen-bond donors (Lipinski definition) is 3. The molecule has 0 spiro atoms. The summed E-state index contributed by atoms with van der Waals surface area (Å²) in [5, 5.41) is 9.63. The van der Waals surface area contributed by atoms with E-state index >= 15 is 0 Å². The van der Waals surface area contributed by atoms with Crippen LogP contribution < -0.4 is 10.9 Å². The van der Waals surface area contributed by atoms with E-state index in [2.05, 4.69) is 26.8 Å². The molecule has 18 heavy (non-hydrogen) atoms. The molecule has 0 bridgehead atoms. The SMILES string of the molecule is Oc1cc(F)cc(Br)c1CNNc1ccccc1. The van der Waals surface area contributed by atoms with Crippen LogP contribution in [0, 0.1) is 5.82 Å². The van der Waals surface area contributed by atoms with E-state index in [1.54, 1.807) is 0 Å². The summed E-state index contributed by atoms with van der Waals surface area (Å²) in [6, 6.07) is 12.0. The number of aromatic hydroxyl groups is 1. The number of phenolic OH excluding ortho intramolecular Hbond substituents is 1. The van der Waals surface area contributed by atoms with Gasteiger partial charge in [0.1, 0.15) is 11.6 Å². The van der Waals surface area contributed by atoms with Crippen LogP contribution in [0.15, 0.2) is 46.9 Å². The monoisotopic (exact) mass is 310 g/mol. The van der Waals surface area contributed by atoms with Gasteiger partial charge in [-0.2, -0.15) is 0 Å². The number of nitrogens with one attached hydrogen (secondary N) is 2. The first-order valence-electron chi connectivity index (χ1n) is 5.37. The van der Waals surface area contributed by atoms with Gasteiger partial charge in [-0.25, -0.2) is 9.82 Å². The van der Waals surface area contributed by atoms with Gasteiger partial charge in [0, 0.05) is 28.3 Å². The minimum absolute atomic E-state index is 0.0794. The second kappa shape index (κ2) is 5.84. The molecule has 5 heteroatoms. The average molecular weight is 311 g/mol. The average Bonchev–Trinajstić information content (AvgIpc) is 2.34. The van der Waals surface area contributed by atoms with E-state index < -0.39 is 5.82 Å². The number of para-hydroxylation sites is 1. The van der Waals surface area contributed by atoms with Gasteiger partial charge in [-0.15, -0.1) is 0 Å². The lowest BCUT2D eigenvalue weighted by Gasteiger charge is -2.11. The van der Waals surface area contributed by atoms with Crippen LogP contribution in [0.25, 0.3) is 0 Å². The van der Waals surface area contributed by atoms with Crippen molar-refractivity contribution in [2.45, 2.75) is 6.54 Å². The molecule has 0 heterocycles. The molecule has 0 atom stereocenters. The first-order chi connectivity index (χ1) is 8.66. The summed E-state index contributed by atoms with van der Waals surface area (Å²) in [4.78, 5) is 0. The summed E-state index contributed by atoms with van der Waals surface area (Å²) in [6.45, 7) is 0.363. The molecular formula is C13H12BrFN2O. The molecular weight excluding hydrogens is 299 g/mol. The van der Waals surface area contributed by atoms with Gasteiger partial charge >= 0.3 is 0 Å². The van der Waals surface area contributed by atoms with Crippen molar-refractivity contribution in [3.8, 4) is 5.75 Å². The van der Waals surface area contributed by atoms with Crippen molar-refractivity contribution in [2.75, 3.05) is 5.43 Å². The summed E-state index contributed by atoms with van der Waals surface area (Å²) in [7, 11) is 0. The Bertz CT molecular complexity index is 511. The van der Waals surface area contributed by atoms with Gasteiger partial charge in [0.05, 0.1) is 0 Å². The van der Waals surface area contributed by atoms with Crippen molar-refractivity contribution in [3.05, 3.63) is 58.3 Å². The molecule has 0 aliphatic rings. The third-order valence-electron chi connectivity index (χ3n) is 2.41. The van der Waals surface area contributed by atoms with Crippen molar-refractivity contribution >= 4 is 21.6 Å². The molecule has 0 amide bonds. The van der Waals surface area contributed by atoms with Crippen LogP contribution >= 0.6 is 15.9 Å². The standard InChI is InChI=1S/C13H12BrFN2O/c14-12-6-9(15)7-13(18)11(12)8-16-17-10-4-2-1-3-5-10/h1-7,16-18H,8H2. The molecule has 0 radical (unpaired) electrons. The van der Waals surface area contributed by atoms with Crippen LogP contribution in [0.3, 0.4) is 0 Å². The topological polar surface area (TPSA) is 44.3 Å². The molecule has 3 N–H and O–H groups in total. The van der Waals surface area contributed by atoms with E-state index in [1.165, 1.54) is 6.07 Å². The maximum Gasteiger partial charge on any atom is 0.128 e. The van der Waals surface area contributed by atoms with Gasteiger partial charge < -0.3 is 10.5 Å². The van der Waals surface area contributed by atoms with E-state index in [-0.39, 0.29) is 5.75 Å². The fourth-order valence-corrected chi connectivity index (χ4v) is 2.08. The quantitative estimate of drug-likeness (QED) is 0.758. The van der Waals surface area contributed by atoms with Gasteiger partial charge in [0.2, 0.25) is 0 Å². The third-order valence-corrected chi connectivity index (χ3v) is 3.12. The molecule has 0 saturated heterocycles. The molecule has 0 aromatic heterocycles. The van der Waals surface area contributed by atoms with E-state index in [0.29, 0.717) is 16.6 Å². The van der Waals surface area contributed by atoms with Crippen LogP contribution in [-0.2, 0) is 6.54 Å². The van der Waals surface area contributed by atoms with Crippen molar-refractivity contribution in [1.82, 2.24) is 5.43 Å². The van der Waals surface area contributed by atoms with E-state index in [1.807, 2.05) is 30.3 Å². The Hall–Kier alpha value is -1.59. The first-order valence-corrected chi connectivity index (χ1v) is 6.17. The molecule has 3 nitrogen and oxygen atoms in total. The largest absolute Gasteiger partial charge is 0.507 e. The smallest absolute Gasteiger partial charge is 0.128 e. The lowest BCUT2D eigenvalue weighted by Crippen LogP contribution is -2.21. The van der Waals surface area contributed by atoms with Crippen LogP contribution in [-0.4, -0.2) is 5.11 Å². The molecule has 94 valence electrons. The number of anilines is 1. The Morgan fingerprint density at radius 1 is 1.17 bits per heavy atom. The number of rotatable bonds is 4. The van der Waals surface area contributed by atoms with Crippen LogP contribution in [0.2, 0.25) is 0 Å². The normalized spacial score (nSPS) is 10.3. The van der Waals surface area contributed by atoms with Gasteiger partial charge in [-0.3, -0.25) is 0 Å². The van der Waals surface area contributed by atoms with Gasteiger partial charge in [-0.1, -0.05) is 34.1 Å². The van der Waals surface area contributed by atoms with Gasteiger partial charge in [0.15, 0.2) is 0 Å². The molecule has 0 unspecified atom stereocenters. The van der Waals surface area contributed by atoms with Crippen molar-refractivity contribution in [3.63, 3.8) is 0 Å². The Morgan fingerprint density at radius 3 is 2.56 bits per heavy atom. The van der Waals surface area contributed by atoms with Crippen LogP contribution in [0.4, 0.5) is 10.1 Å². The van der Waals surface area contributed by atoms with Gasteiger partial charge in [-0.05, 0) is 18.2 Å². The maximum absolute atomic E-state index is 13.0. The highest BCUT2D eigenvalue weighted by molar-refractivity contribution is 9.10. The highest BCUT2D eigenvalue weighted by atomic mass is 79.9. The van der Waals surface area contributed by atoms with E-state index in [4.69, 9.17) is 0 Å². The van der Waals surface area contributed by atoms with Crippen molar-refractivity contribution in [2.24, 2.45) is 0 Å². The lowest BCUT2D eigenvalue weighted by molar-refractivity contribution is 0.459. The zero-order valence-corrected chi connectivity index (χ0v) is 11.0. The summed E-state index contributed by atoms with van der Waals surface area (Å²) in [5.41, 5.74) is 7.45. The minimum atomic E-state index is -0.473. The van der Waals surface area contributed by atoms with Crippen molar-refractivity contribution in [1.29, 1.82) is 0 Å². The van der Waals surface area contributed by atoms with Crippen molar-refractivity contribution < 1.29 is 9.50 Å². The molecule has 0 aliphatic carbocycles. The molecule has 0 saturated carbocycles. The van der Waals surface area contributed by atoms with E-state index in [9.17, 15) is 9.50 Å². The predicted molar refractivity (Wildman–Crippen MR) is 72.7 cm³/mol. The molecule has 2 rings (SSSR count). The minimum Gasteiger partial charge on any atom is -0.507 e. The second-order valence-electron chi connectivity index (χ2n) is 3.73. The lowest BCUT2D eigenvalue weighted by atomic mass is 10.2. The number of hydrazine groups is 1. The number of hydrogen-bond acceptors (Lipinski definition) is 3. The Kier molecular flexibility index (Phi) is 4.17.